The number of anilines is 3. The fourth-order valence-corrected chi connectivity index (χ4v) is 5.41. The summed E-state index contributed by atoms with van der Waals surface area (Å²) < 4.78 is 40.7. The van der Waals surface area contributed by atoms with E-state index in [0.29, 0.717) is 34.4 Å². The van der Waals surface area contributed by atoms with Gasteiger partial charge in [0.05, 0.1) is 24.8 Å². The standard InChI is InChI=1S/C29H24N6O4S/c1-38-22-12-10-19(11-13-22)28-31-32-29-26-9-4-3-8-25(26)27(33-35(28)29)30-20-6-5-7-21(18-20)34-40(36,37)24-16-14-23(39-2)15-17-24/h3-18,34H,1-2H3,(H,30,33). The van der Waals surface area contributed by atoms with Crippen molar-refractivity contribution in [2.45, 2.75) is 4.90 Å². The molecule has 0 radical (unpaired) electrons. The van der Waals surface area contributed by atoms with Crippen LogP contribution in [-0.2, 0) is 10.0 Å². The van der Waals surface area contributed by atoms with Gasteiger partial charge in [-0.3, -0.25) is 4.72 Å². The van der Waals surface area contributed by atoms with E-state index in [1.165, 1.54) is 19.2 Å². The molecule has 0 aliphatic heterocycles. The van der Waals surface area contributed by atoms with E-state index in [-0.39, 0.29) is 4.90 Å². The van der Waals surface area contributed by atoms with Crippen molar-refractivity contribution in [3.8, 4) is 22.9 Å². The molecule has 0 unspecified atom stereocenters. The second-order valence-corrected chi connectivity index (χ2v) is 10.6. The van der Waals surface area contributed by atoms with Gasteiger partial charge in [0.15, 0.2) is 17.3 Å². The van der Waals surface area contributed by atoms with Crippen LogP contribution in [0.1, 0.15) is 0 Å². The smallest absolute Gasteiger partial charge is 0.261 e. The van der Waals surface area contributed by atoms with Crippen molar-refractivity contribution in [2.24, 2.45) is 0 Å². The molecule has 40 heavy (non-hydrogen) atoms. The molecule has 2 heterocycles. The number of nitrogens with zero attached hydrogens (tertiary/aromatic N) is 4. The van der Waals surface area contributed by atoms with Gasteiger partial charge < -0.3 is 14.8 Å². The van der Waals surface area contributed by atoms with Gasteiger partial charge in [0.2, 0.25) is 0 Å². The van der Waals surface area contributed by atoms with E-state index in [9.17, 15) is 8.42 Å². The van der Waals surface area contributed by atoms with Crippen molar-refractivity contribution in [2.75, 3.05) is 24.3 Å². The molecule has 11 heteroatoms. The van der Waals surface area contributed by atoms with E-state index in [1.807, 2.05) is 54.6 Å². The lowest BCUT2D eigenvalue weighted by Gasteiger charge is -2.13. The minimum absolute atomic E-state index is 0.128. The number of hydrogen-bond acceptors (Lipinski definition) is 8. The Morgan fingerprint density at radius 3 is 2.08 bits per heavy atom. The molecule has 0 bridgehead atoms. The van der Waals surface area contributed by atoms with Gasteiger partial charge in [0.25, 0.3) is 10.0 Å². The molecule has 2 N–H and O–H groups in total. The van der Waals surface area contributed by atoms with Crippen LogP contribution < -0.4 is 19.5 Å². The first kappa shape index (κ1) is 25.1. The van der Waals surface area contributed by atoms with Crippen LogP contribution in [0.4, 0.5) is 17.2 Å². The predicted molar refractivity (Wildman–Crippen MR) is 154 cm³/mol. The van der Waals surface area contributed by atoms with Crippen molar-refractivity contribution in [3.05, 3.63) is 97.1 Å². The molecule has 0 saturated heterocycles. The lowest BCUT2D eigenvalue weighted by Crippen LogP contribution is -2.13. The summed E-state index contributed by atoms with van der Waals surface area (Å²) in [5.74, 6) is 2.45. The van der Waals surface area contributed by atoms with Crippen LogP contribution in [0.2, 0.25) is 0 Å². The molecule has 6 aromatic rings. The number of methoxy groups -OCH3 is 2. The summed E-state index contributed by atoms with van der Waals surface area (Å²) in [5.41, 5.74) is 2.49. The Labute approximate surface area is 230 Å². The number of benzene rings is 4. The molecule has 0 spiro atoms. The summed E-state index contributed by atoms with van der Waals surface area (Å²) in [4.78, 5) is 0.128. The third-order valence-electron chi connectivity index (χ3n) is 6.36. The molecular formula is C29H24N6O4S. The minimum Gasteiger partial charge on any atom is -0.497 e. The Bertz CT molecular complexity index is 1940. The predicted octanol–water partition coefficient (Wildman–Crippen LogP) is 5.51. The van der Waals surface area contributed by atoms with Crippen LogP contribution in [0.5, 0.6) is 11.5 Å². The van der Waals surface area contributed by atoms with Gasteiger partial charge in [-0.15, -0.1) is 15.3 Å². The van der Waals surface area contributed by atoms with Crippen molar-refractivity contribution in [1.82, 2.24) is 19.8 Å². The molecule has 200 valence electrons. The highest BCUT2D eigenvalue weighted by atomic mass is 32.2. The fraction of sp³-hybridized carbons (Fsp3) is 0.0690. The maximum Gasteiger partial charge on any atom is 0.261 e. The molecule has 6 rings (SSSR count). The van der Waals surface area contributed by atoms with Crippen LogP contribution in [0.3, 0.4) is 0 Å². The van der Waals surface area contributed by atoms with Gasteiger partial charge in [0, 0.05) is 22.0 Å². The molecule has 10 nitrogen and oxygen atoms in total. The van der Waals surface area contributed by atoms with Gasteiger partial charge in [-0.25, -0.2) is 8.42 Å². The lowest BCUT2D eigenvalue weighted by molar-refractivity contribution is 0.414. The summed E-state index contributed by atoms with van der Waals surface area (Å²) >= 11 is 0. The number of sulfonamides is 1. The molecule has 0 saturated carbocycles. The second kappa shape index (κ2) is 10.2. The first-order valence-corrected chi connectivity index (χ1v) is 13.8. The first-order valence-electron chi connectivity index (χ1n) is 12.3. The van der Waals surface area contributed by atoms with Crippen LogP contribution in [-0.4, -0.2) is 42.4 Å². The first-order chi connectivity index (χ1) is 19.4. The van der Waals surface area contributed by atoms with Crippen molar-refractivity contribution in [3.63, 3.8) is 0 Å². The molecule has 0 aliphatic carbocycles. The summed E-state index contributed by atoms with van der Waals surface area (Å²) in [7, 11) is -0.660. The fourth-order valence-electron chi connectivity index (χ4n) is 4.36. The van der Waals surface area contributed by atoms with E-state index in [0.717, 1.165) is 22.1 Å². The third kappa shape index (κ3) is 4.74. The maximum absolute atomic E-state index is 13.0. The average molecular weight is 553 g/mol. The molecule has 0 fully saturated rings. The van der Waals surface area contributed by atoms with Gasteiger partial charge in [0.1, 0.15) is 11.5 Å². The molecule has 0 atom stereocenters. The van der Waals surface area contributed by atoms with E-state index < -0.39 is 10.0 Å². The van der Waals surface area contributed by atoms with Crippen LogP contribution in [0.25, 0.3) is 27.8 Å². The van der Waals surface area contributed by atoms with Crippen molar-refractivity contribution >= 4 is 43.6 Å². The van der Waals surface area contributed by atoms with Crippen LogP contribution in [0.15, 0.2) is 102 Å². The van der Waals surface area contributed by atoms with E-state index >= 15 is 0 Å². The number of aromatic nitrogens is 4. The van der Waals surface area contributed by atoms with Gasteiger partial charge in [-0.2, -0.15) is 4.52 Å². The average Bonchev–Trinajstić information content (AvgIpc) is 3.41. The van der Waals surface area contributed by atoms with Gasteiger partial charge in [-0.1, -0.05) is 30.3 Å². The Kier molecular flexibility index (Phi) is 6.40. The summed E-state index contributed by atoms with van der Waals surface area (Å²) in [6.07, 6.45) is 0. The quantitative estimate of drug-likeness (QED) is 0.254. The van der Waals surface area contributed by atoms with Crippen molar-refractivity contribution in [1.29, 1.82) is 0 Å². The lowest BCUT2D eigenvalue weighted by atomic mass is 10.1. The minimum atomic E-state index is -3.80. The number of fused-ring (bicyclic) bond motifs is 3. The highest BCUT2D eigenvalue weighted by Gasteiger charge is 2.17. The highest BCUT2D eigenvalue weighted by Crippen LogP contribution is 2.31. The topological polar surface area (TPSA) is 120 Å². The van der Waals surface area contributed by atoms with Crippen LogP contribution >= 0.6 is 0 Å². The Hall–Kier alpha value is -5.16. The number of ether oxygens (including phenoxy) is 2. The largest absolute Gasteiger partial charge is 0.497 e. The number of nitrogens with one attached hydrogen (secondary N) is 2. The SMILES string of the molecule is COc1ccc(-c2nnc3c4ccccc4c(Nc4cccc(NS(=O)(=O)c5ccc(OC)cc5)c4)nn23)cc1. The zero-order valence-electron chi connectivity index (χ0n) is 21.6. The Morgan fingerprint density at radius 2 is 1.38 bits per heavy atom. The zero-order valence-corrected chi connectivity index (χ0v) is 22.4. The number of rotatable bonds is 8. The third-order valence-corrected chi connectivity index (χ3v) is 7.76. The zero-order chi connectivity index (χ0) is 27.7. The van der Waals surface area contributed by atoms with Gasteiger partial charge in [-0.05, 0) is 66.7 Å². The monoisotopic (exact) mass is 552 g/mol. The molecule has 0 aliphatic rings. The number of hydrogen-bond donors (Lipinski definition) is 2. The molecule has 4 aromatic carbocycles. The Morgan fingerprint density at radius 1 is 0.725 bits per heavy atom. The van der Waals surface area contributed by atoms with E-state index in [1.54, 1.807) is 42.0 Å². The van der Waals surface area contributed by atoms with Crippen LogP contribution in [0, 0.1) is 0 Å². The van der Waals surface area contributed by atoms with E-state index in [2.05, 4.69) is 20.2 Å². The van der Waals surface area contributed by atoms with Gasteiger partial charge >= 0.3 is 0 Å². The Balaban J connectivity index is 1.36. The normalized spacial score (nSPS) is 11.4. The summed E-state index contributed by atoms with van der Waals surface area (Å²) in [5, 5.41) is 18.7. The second-order valence-electron chi connectivity index (χ2n) is 8.87. The highest BCUT2D eigenvalue weighted by molar-refractivity contribution is 7.92. The summed E-state index contributed by atoms with van der Waals surface area (Å²) in [6, 6.07) is 28.5. The van der Waals surface area contributed by atoms with Crippen molar-refractivity contribution < 1.29 is 17.9 Å². The van der Waals surface area contributed by atoms with E-state index in [4.69, 9.17) is 14.6 Å². The summed E-state index contributed by atoms with van der Waals surface area (Å²) in [6.45, 7) is 0. The molecule has 2 aromatic heterocycles. The molecular weight excluding hydrogens is 528 g/mol. The molecule has 0 amide bonds. The maximum atomic E-state index is 13.0.